The number of aliphatic hydroxyl groups excluding tert-OH is 1. The van der Waals surface area contributed by atoms with Gasteiger partial charge in [-0.15, -0.1) is 0 Å². The van der Waals surface area contributed by atoms with Crippen molar-refractivity contribution in [1.82, 2.24) is 4.98 Å². The van der Waals surface area contributed by atoms with E-state index in [-0.39, 0.29) is 11.1 Å². The molecule has 1 unspecified atom stereocenters. The summed E-state index contributed by atoms with van der Waals surface area (Å²) in [5, 5.41) is 10.0. The van der Waals surface area contributed by atoms with E-state index >= 15 is 0 Å². The average molecular weight is 249 g/mol. The smallest absolute Gasteiger partial charge is 0.165 e. The molecule has 1 heterocycles. The Morgan fingerprint density at radius 3 is 2.39 bits per heavy atom. The fraction of sp³-hybridized carbons (Fsp3) is 0.214. The second-order valence-electron chi connectivity index (χ2n) is 4.26. The largest absolute Gasteiger partial charge is 0.382 e. The average Bonchev–Trinajstić information content (AvgIpc) is 2.36. The molecule has 0 aliphatic heterocycles. The number of nitrogens with zero attached hydrogens (tertiary/aromatic N) is 1. The second-order valence-corrected chi connectivity index (χ2v) is 4.26. The van der Waals surface area contributed by atoms with Gasteiger partial charge in [-0.2, -0.15) is 0 Å². The van der Waals surface area contributed by atoms with E-state index < -0.39 is 17.7 Å². The van der Waals surface area contributed by atoms with Gasteiger partial charge in [0.2, 0.25) is 0 Å². The first-order valence-corrected chi connectivity index (χ1v) is 5.56. The van der Waals surface area contributed by atoms with Crippen LogP contribution in [0.1, 0.15) is 28.5 Å². The first-order valence-electron chi connectivity index (χ1n) is 5.56. The highest BCUT2D eigenvalue weighted by Gasteiger charge is 2.19. The van der Waals surface area contributed by atoms with Gasteiger partial charge in [-0.25, -0.2) is 8.78 Å². The summed E-state index contributed by atoms with van der Waals surface area (Å²) in [7, 11) is 0. The third kappa shape index (κ3) is 2.24. The number of halogens is 2. The highest BCUT2D eigenvalue weighted by atomic mass is 19.2. The molecule has 0 saturated carbocycles. The molecule has 4 heteroatoms. The van der Waals surface area contributed by atoms with Gasteiger partial charge in [0.05, 0.1) is 5.69 Å². The lowest BCUT2D eigenvalue weighted by atomic mass is 10.0. The molecule has 0 bridgehead atoms. The minimum atomic E-state index is -1.26. The number of aromatic nitrogens is 1. The van der Waals surface area contributed by atoms with Crippen molar-refractivity contribution in [2.24, 2.45) is 0 Å². The van der Waals surface area contributed by atoms with E-state index in [0.717, 1.165) is 5.56 Å². The van der Waals surface area contributed by atoms with Gasteiger partial charge in [-0.05, 0) is 31.0 Å². The summed E-state index contributed by atoms with van der Waals surface area (Å²) in [5.74, 6) is -1.96. The Hall–Kier alpha value is -1.81. The molecule has 94 valence electrons. The van der Waals surface area contributed by atoms with Crippen LogP contribution in [-0.2, 0) is 0 Å². The molecule has 1 atom stereocenters. The van der Waals surface area contributed by atoms with Crippen LogP contribution in [0.3, 0.4) is 0 Å². The van der Waals surface area contributed by atoms with Crippen LogP contribution in [0.15, 0.2) is 30.5 Å². The van der Waals surface area contributed by atoms with E-state index in [0.29, 0.717) is 5.69 Å². The first-order chi connectivity index (χ1) is 8.50. The number of hydrogen-bond acceptors (Lipinski definition) is 2. The SMILES string of the molecule is Cc1ccc(C(O)c2ccc(C)c(F)c2F)nc1. The van der Waals surface area contributed by atoms with Crippen molar-refractivity contribution in [2.45, 2.75) is 20.0 Å². The Kier molecular flexibility index (Phi) is 3.39. The third-order valence-corrected chi connectivity index (χ3v) is 2.81. The number of aryl methyl sites for hydroxylation is 2. The molecule has 2 aromatic rings. The van der Waals surface area contributed by atoms with Gasteiger partial charge >= 0.3 is 0 Å². The van der Waals surface area contributed by atoms with Gasteiger partial charge in [-0.1, -0.05) is 18.2 Å². The van der Waals surface area contributed by atoms with Crippen LogP contribution in [-0.4, -0.2) is 10.1 Å². The summed E-state index contributed by atoms with van der Waals surface area (Å²) in [6.07, 6.45) is 0.307. The lowest BCUT2D eigenvalue weighted by molar-refractivity contribution is 0.208. The fourth-order valence-corrected chi connectivity index (χ4v) is 1.67. The molecule has 0 aliphatic carbocycles. The topological polar surface area (TPSA) is 33.1 Å². The van der Waals surface area contributed by atoms with Gasteiger partial charge in [0.1, 0.15) is 6.10 Å². The van der Waals surface area contributed by atoms with Crippen LogP contribution < -0.4 is 0 Å². The molecular weight excluding hydrogens is 236 g/mol. The van der Waals surface area contributed by atoms with Crippen molar-refractivity contribution in [2.75, 3.05) is 0 Å². The monoisotopic (exact) mass is 249 g/mol. The minimum Gasteiger partial charge on any atom is -0.382 e. The zero-order chi connectivity index (χ0) is 13.3. The molecule has 0 amide bonds. The Morgan fingerprint density at radius 1 is 1.06 bits per heavy atom. The minimum absolute atomic E-state index is 0.102. The number of rotatable bonds is 2. The van der Waals surface area contributed by atoms with Crippen LogP contribution in [0.4, 0.5) is 8.78 Å². The van der Waals surface area contributed by atoms with E-state index in [9.17, 15) is 13.9 Å². The number of hydrogen-bond donors (Lipinski definition) is 1. The van der Waals surface area contributed by atoms with Crippen molar-refractivity contribution in [3.05, 3.63) is 64.5 Å². The van der Waals surface area contributed by atoms with Crippen molar-refractivity contribution in [1.29, 1.82) is 0 Å². The highest BCUT2D eigenvalue weighted by Crippen LogP contribution is 2.25. The molecule has 1 aromatic carbocycles. The Labute approximate surface area is 104 Å². The lowest BCUT2D eigenvalue weighted by Crippen LogP contribution is -2.07. The second kappa shape index (κ2) is 4.82. The molecule has 0 radical (unpaired) electrons. The summed E-state index contributed by atoms with van der Waals surface area (Å²) in [5.41, 5.74) is 1.33. The Morgan fingerprint density at radius 2 is 1.78 bits per heavy atom. The summed E-state index contributed by atoms with van der Waals surface area (Å²) >= 11 is 0. The predicted molar refractivity (Wildman–Crippen MR) is 64.1 cm³/mol. The first kappa shape index (κ1) is 12.6. The molecule has 0 spiro atoms. The molecule has 0 aliphatic rings. The van der Waals surface area contributed by atoms with Gasteiger partial charge < -0.3 is 5.11 Å². The van der Waals surface area contributed by atoms with Gasteiger partial charge in [0, 0.05) is 11.8 Å². The van der Waals surface area contributed by atoms with Crippen molar-refractivity contribution in [3.8, 4) is 0 Å². The maximum absolute atomic E-state index is 13.7. The van der Waals surface area contributed by atoms with Gasteiger partial charge in [0.15, 0.2) is 11.6 Å². The quantitative estimate of drug-likeness (QED) is 0.887. The zero-order valence-electron chi connectivity index (χ0n) is 10.1. The maximum Gasteiger partial charge on any atom is 0.165 e. The zero-order valence-corrected chi connectivity index (χ0v) is 10.1. The van der Waals surface area contributed by atoms with Crippen LogP contribution >= 0.6 is 0 Å². The molecule has 2 nitrogen and oxygen atoms in total. The van der Waals surface area contributed by atoms with Crippen molar-refractivity contribution in [3.63, 3.8) is 0 Å². The van der Waals surface area contributed by atoms with Crippen LogP contribution in [0.2, 0.25) is 0 Å². The van der Waals surface area contributed by atoms with E-state index in [1.54, 1.807) is 18.3 Å². The fourth-order valence-electron chi connectivity index (χ4n) is 1.67. The molecule has 18 heavy (non-hydrogen) atoms. The summed E-state index contributed by atoms with van der Waals surface area (Å²) in [4.78, 5) is 4.01. The number of pyridine rings is 1. The molecular formula is C14H13F2NO. The van der Waals surface area contributed by atoms with E-state index in [1.807, 2.05) is 6.92 Å². The van der Waals surface area contributed by atoms with Gasteiger partial charge in [-0.3, -0.25) is 4.98 Å². The van der Waals surface area contributed by atoms with Crippen molar-refractivity contribution >= 4 is 0 Å². The van der Waals surface area contributed by atoms with E-state index in [4.69, 9.17) is 0 Å². The Bertz CT molecular complexity index is 567. The number of benzene rings is 1. The lowest BCUT2D eigenvalue weighted by Gasteiger charge is -2.12. The van der Waals surface area contributed by atoms with Crippen LogP contribution in [0.5, 0.6) is 0 Å². The normalized spacial score (nSPS) is 12.5. The van der Waals surface area contributed by atoms with Crippen LogP contribution in [0.25, 0.3) is 0 Å². The standard InChI is InChI=1S/C14H13F2NO/c1-8-3-6-11(17-7-8)14(18)10-5-4-9(2)12(15)13(10)16/h3-7,14,18H,1-2H3. The summed E-state index contributed by atoms with van der Waals surface area (Å²) in [6, 6.07) is 6.16. The summed E-state index contributed by atoms with van der Waals surface area (Å²) in [6.45, 7) is 3.33. The van der Waals surface area contributed by atoms with Crippen molar-refractivity contribution < 1.29 is 13.9 Å². The molecule has 0 fully saturated rings. The highest BCUT2D eigenvalue weighted by molar-refractivity contribution is 5.31. The third-order valence-electron chi connectivity index (χ3n) is 2.81. The molecule has 1 N–H and O–H groups in total. The maximum atomic E-state index is 13.7. The van der Waals surface area contributed by atoms with E-state index in [1.165, 1.54) is 19.1 Å². The molecule has 1 aromatic heterocycles. The molecule has 2 rings (SSSR count). The Balaban J connectivity index is 2.43. The van der Waals surface area contributed by atoms with E-state index in [2.05, 4.69) is 4.98 Å². The molecule has 0 saturated heterocycles. The van der Waals surface area contributed by atoms with Gasteiger partial charge in [0.25, 0.3) is 0 Å². The van der Waals surface area contributed by atoms with Crippen LogP contribution in [0, 0.1) is 25.5 Å². The summed E-state index contributed by atoms with van der Waals surface area (Å²) < 4.78 is 27.1. The number of aliphatic hydroxyl groups is 1. The predicted octanol–water partition coefficient (Wildman–Crippen LogP) is 3.06.